The minimum atomic E-state index is -0.703. The van der Waals surface area contributed by atoms with Crippen molar-refractivity contribution in [2.24, 2.45) is 4.99 Å². The molecule has 0 amide bonds. The van der Waals surface area contributed by atoms with E-state index in [-0.39, 0.29) is 11.3 Å². The van der Waals surface area contributed by atoms with Crippen molar-refractivity contribution in [2.45, 2.75) is 13.6 Å². The predicted octanol–water partition coefficient (Wildman–Crippen LogP) is 3.24. The standard InChI is InChI=1S/C11H14BrFN2O/c1-3-15(2)7-14-10-4-8(6-13)11(16)5-9(10)12/h4-5,7,16H,3,6H2,1-2H3. The minimum absolute atomic E-state index is 0.0582. The highest BCUT2D eigenvalue weighted by Gasteiger charge is 2.06. The molecule has 5 heteroatoms. The second-order valence-corrected chi connectivity index (χ2v) is 4.24. The van der Waals surface area contributed by atoms with Gasteiger partial charge in [0.25, 0.3) is 0 Å². The van der Waals surface area contributed by atoms with Gasteiger partial charge < -0.3 is 10.0 Å². The second-order valence-electron chi connectivity index (χ2n) is 3.38. The fourth-order valence-electron chi connectivity index (χ4n) is 1.04. The molecule has 0 aliphatic heterocycles. The van der Waals surface area contributed by atoms with Crippen molar-refractivity contribution in [2.75, 3.05) is 13.6 Å². The van der Waals surface area contributed by atoms with Crippen LogP contribution in [0, 0.1) is 0 Å². The molecular formula is C11H14BrFN2O. The maximum atomic E-state index is 12.5. The molecule has 1 aromatic rings. The van der Waals surface area contributed by atoms with Gasteiger partial charge >= 0.3 is 0 Å². The maximum absolute atomic E-state index is 12.5. The summed E-state index contributed by atoms with van der Waals surface area (Å²) >= 11 is 3.27. The van der Waals surface area contributed by atoms with Crippen LogP contribution in [0.2, 0.25) is 0 Å². The van der Waals surface area contributed by atoms with Crippen LogP contribution >= 0.6 is 15.9 Å². The first-order valence-corrected chi connectivity index (χ1v) is 5.69. The molecule has 0 saturated heterocycles. The number of halogens is 2. The Morgan fingerprint density at radius 2 is 2.25 bits per heavy atom. The number of phenols is 1. The molecule has 1 aromatic carbocycles. The number of aliphatic imine (C=N–C) groups is 1. The van der Waals surface area contributed by atoms with Crippen LogP contribution in [0.1, 0.15) is 12.5 Å². The number of phenolic OH excluding ortho intramolecular Hbond substituents is 1. The Morgan fingerprint density at radius 3 is 2.81 bits per heavy atom. The minimum Gasteiger partial charge on any atom is -0.508 e. The van der Waals surface area contributed by atoms with Crippen LogP contribution in [-0.4, -0.2) is 29.9 Å². The fourth-order valence-corrected chi connectivity index (χ4v) is 1.48. The highest BCUT2D eigenvalue weighted by atomic mass is 79.9. The average Bonchev–Trinajstić information content (AvgIpc) is 2.27. The average molecular weight is 289 g/mol. The van der Waals surface area contributed by atoms with E-state index < -0.39 is 6.67 Å². The molecule has 3 nitrogen and oxygen atoms in total. The number of rotatable bonds is 4. The normalized spacial score (nSPS) is 11.0. The second kappa shape index (κ2) is 5.84. The fraction of sp³-hybridized carbons (Fsp3) is 0.364. The van der Waals surface area contributed by atoms with Gasteiger partial charge in [-0.25, -0.2) is 9.38 Å². The molecule has 0 aliphatic carbocycles. The first-order valence-electron chi connectivity index (χ1n) is 4.90. The van der Waals surface area contributed by atoms with Crippen molar-refractivity contribution in [1.29, 1.82) is 0 Å². The molecule has 0 atom stereocenters. The molecule has 0 heterocycles. The summed E-state index contributed by atoms with van der Waals surface area (Å²) in [7, 11) is 1.90. The zero-order valence-electron chi connectivity index (χ0n) is 9.24. The van der Waals surface area contributed by atoms with E-state index in [1.165, 1.54) is 12.1 Å². The predicted molar refractivity (Wildman–Crippen MR) is 67.1 cm³/mol. The molecule has 0 saturated carbocycles. The Morgan fingerprint density at radius 1 is 1.56 bits per heavy atom. The summed E-state index contributed by atoms with van der Waals surface area (Å²) in [6, 6.07) is 2.98. The van der Waals surface area contributed by atoms with Crippen LogP contribution in [0.5, 0.6) is 5.75 Å². The van der Waals surface area contributed by atoms with Crippen molar-refractivity contribution < 1.29 is 9.50 Å². The molecular weight excluding hydrogens is 275 g/mol. The van der Waals surface area contributed by atoms with Gasteiger partial charge in [0.1, 0.15) is 12.4 Å². The van der Waals surface area contributed by atoms with Crippen molar-refractivity contribution in [3.63, 3.8) is 0 Å². The molecule has 88 valence electrons. The van der Waals surface area contributed by atoms with Crippen LogP contribution in [0.4, 0.5) is 10.1 Å². The Bertz CT molecular complexity index is 396. The van der Waals surface area contributed by atoms with E-state index in [9.17, 15) is 9.50 Å². The van der Waals surface area contributed by atoms with Gasteiger partial charge in [0.05, 0.1) is 12.0 Å². The van der Waals surface area contributed by atoms with E-state index in [0.29, 0.717) is 10.2 Å². The molecule has 1 N–H and O–H groups in total. The van der Waals surface area contributed by atoms with Crippen LogP contribution in [0.3, 0.4) is 0 Å². The number of hydrogen-bond acceptors (Lipinski definition) is 2. The van der Waals surface area contributed by atoms with E-state index in [1.54, 1.807) is 6.34 Å². The topological polar surface area (TPSA) is 35.8 Å². The molecule has 0 spiro atoms. The third-order valence-corrected chi connectivity index (χ3v) is 2.82. The molecule has 0 unspecified atom stereocenters. The number of aromatic hydroxyl groups is 1. The van der Waals surface area contributed by atoms with Gasteiger partial charge in [0.2, 0.25) is 0 Å². The first-order chi connectivity index (χ1) is 7.58. The number of benzene rings is 1. The smallest absolute Gasteiger partial charge is 0.122 e. The zero-order chi connectivity index (χ0) is 12.1. The summed E-state index contributed by atoms with van der Waals surface area (Å²) in [5.74, 6) is -0.0582. The van der Waals surface area contributed by atoms with Gasteiger partial charge in [-0.1, -0.05) is 0 Å². The largest absolute Gasteiger partial charge is 0.508 e. The van der Waals surface area contributed by atoms with Crippen molar-refractivity contribution in [3.05, 3.63) is 22.2 Å². The third-order valence-electron chi connectivity index (χ3n) is 2.18. The Labute approximate surface area is 103 Å². The quantitative estimate of drug-likeness (QED) is 0.682. The van der Waals surface area contributed by atoms with Crippen molar-refractivity contribution in [1.82, 2.24) is 4.90 Å². The van der Waals surface area contributed by atoms with Gasteiger partial charge in [-0.15, -0.1) is 0 Å². The van der Waals surface area contributed by atoms with Crippen LogP contribution in [0.15, 0.2) is 21.6 Å². The van der Waals surface area contributed by atoms with Gasteiger partial charge in [0, 0.05) is 23.6 Å². The van der Waals surface area contributed by atoms with Crippen LogP contribution in [-0.2, 0) is 6.67 Å². The lowest BCUT2D eigenvalue weighted by molar-refractivity contribution is 0.432. The Hall–Kier alpha value is -1.10. The lowest BCUT2D eigenvalue weighted by Crippen LogP contribution is -2.14. The number of hydrogen-bond donors (Lipinski definition) is 1. The molecule has 0 radical (unpaired) electrons. The molecule has 0 fully saturated rings. The monoisotopic (exact) mass is 288 g/mol. The van der Waals surface area contributed by atoms with E-state index >= 15 is 0 Å². The molecule has 16 heavy (non-hydrogen) atoms. The van der Waals surface area contributed by atoms with E-state index in [2.05, 4.69) is 20.9 Å². The molecule has 1 rings (SSSR count). The van der Waals surface area contributed by atoms with Crippen molar-refractivity contribution in [3.8, 4) is 5.75 Å². The Kier molecular flexibility index (Phi) is 4.73. The van der Waals surface area contributed by atoms with Crippen molar-refractivity contribution >= 4 is 28.0 Å². The highest BCUT2D eigenvalue weighted by molar-refractivity contribution is 9.10. The number of alkyl halides is 1. The number of nitrogens with zero attached hydrogens (tertiary/aromatic N) is 2. The summed E-state index contributed by atoms with van der Waals surface area (Å²) in [5.41, 5.74) is 0.847. The van der Waals surface area contributed by atoms with E-state index in [0.717, 1.165) is 6.54 Å². The van der Waals surface area contributed by atoms with Gasteiger partial charge in [-0.2, -0.15) is 0 Å². The summed E-state index contributed by atoms with van der Waals surface area (Å²) in [6.07, 6.45) is 1.67. The zero-order valence-corrected chi connectivity index (χ0v) is 10.8. The SMILES string of the molecule is CCN(C)C=Nc1cc(CF)c(O)cc1Br. The third kappa shape index (κ3) is 3.20. The van der Waals surface area contributed by atoms with E-state index in [1.807, 2.05) is 18.9 Å². The van der Waals surface area contributed by atoms with Crippen LogP contribution < -0.4 is 0 Å². The Balaban J connectivity index is 3.00. The van der Waals surface area contributed by atoms with E-state index in [4.69, 9.17) is 0 Å². The lowest BCUT2D eigenvalue weighted by Gasteiger charge is -2.09. The molecule has 0 aromatic heterocycles. The van der Waals surface area contributed by atoms with Gasteiger partial charge in [0.15, 0.2) is 0 Å². The van der Waals surface area contributed by atoms with Gasteiger partial charge in [-0.05, 0) is 35.0 Å². The van der Waals surface area contributed by atoms with Crippen LogP contribution in [0.25, 0.3) is 0 Å². The first kappa shape index (κ1) is 13.0. The molecule has 0 bridgehead atoms. The maximum Gasteiger partial charge on any atom is 0.122 e. The van der Waals surface area contributed by atoms with Gasteiger partial charge in [-0.3, -0.25) is 0 Å². The lowest BCUT2D eigenvalue weighted by atomic mass is 10.2. The molecule has 0 aliphatic rings. The summed E-state index contributed by atoms with van der Waals surface area (Å²) in [6.45, 7) is 2.14. The summed E-state index contributed by atoms with van der Waals surface area (Å²) in [5, 5.41) is 9.41. The summed E-state index contributed by atoms with van der Waals surface area (Å²) in [4.78, 5) is 6.10. The summed E-state index contributed by atoms with van der Waals surface area (Å²) < 4.78 is 13.2. The highest BCUT2D eigenvalue weighted by Crippen LogP contribution is 2.32.